The van der Waals surface area contributed by atoms with Gasteiger partial charge < -0.3 is 15.2 Å². The van der Waals surface area contributed by atoms with E-state index in [0.29, 0.717) is 0 Å². The van der Waals surface area contributed by atoms with Gasteiger partial charge in [-0.25, -0.2) is 4.79 Å². The molecule has 1 unspecified atom stereocenters. The maximum Gasteiger partial charge on any atom is 0.317 e. The molecule has 0 spiro atoms. The fourth-order valence-corrected chi connectivity index (χ4v) is 2.81. The molecule has 3 rings (SSSR count). The number of nitrogens with one attached hydrogen (secondary N) is 2. The van der Waals surface area contributed by atoms with Crippen molar-refractivity contribution in [1.82, 2.24) is 15.2 Å². The van der Waals surface area contributed by atoms with E-state index in [4.69, 9.17) is 0 Å². The zero-order valence-electron chi connectivity index (χ0n) is 11.4. The first-order valence-corrected chi connectivity index (χ1v) is 6.71. The van der Waals surface area contributed by atoms with Crippen molar-refractivity contribution in [2.24, 2.45) is 0 Å². The molecule has 0 fully saturated rings. The lowest BCUT2D eigenvalue weighted by Gasteiger charge is -2.25. The third-order valence-corrected chi connectivity index (χ3v) is 3.83. The van der Waals surface area contributed by atoms with Gasteiger partial charge in [-0.05, 0) is 24.5 Å². The number of hydrogen-bond acceptors (Lipinski definition) is 1. The first kappa shape index (κ1) is 12.1. The molecular formula is C15H19N3O. The molecule has 0 saturated heterocycles. The van der Waals surface area contributed by atoms with Crippen molar-refractivity contribution in [3.05, 3.63) is 35.5 Å². The van der Waals surface area contributed by atoms with Crippen LogP contribution in [0.2, 0.25) is 0 Å². The summed E-state index contributed by atoms with van der Waals surface area (Å²) in [5.41, 5.74) is 3.90. The lowest BCUT2D eigenvalue weighted by molar-refractivity contribution is 0.211. The molecule has 1 aliphatic rings. The number of carbonyl (C=O) groups is 1. The van der Waals surface area contributed by atoms with Gasteiger partial charge in [0, 0.05) is 43.2 Å². The van der Waals surface area contributed by atoms with Crippen LogP contribution in [0.4, 0.5) is 4.79 Å². The van der Waals surface area contributed by atoms with E-state index in [1.165, 1.54) is 22.2 Å². The Kier molecular flexibility index (Phi) is 2.93. The van der Waals surface area contributed by atoms with Crippen LogP contribution in [0.15, 0.2) is 24.3 Å². The molecule has 1 heterocycles. The number of aromatic nitrogens is 1. The smallest absolute Gasteiger partial charge is 0.317 e. The average molecular weight is 257 g/mol. The van der Waals surface area contributed by atoms with E-state index < -0.39 is 0 Å². The number of benzene rings is 1. The number of aromatic amines is 1. The second-order valence-corrected chi connectivity index (χ2v) is 5.41. The molecule has 4 nitrogen and oxygen atoms in total. The van der Waals surface area contributed by atoms with Gasteiger partial charge in [0.25, 0.3) is 0 Å². The maximum absolute atomic E-state index is 11.7. The highest BCUT2D eigenvalue weighted by atomic mass is 16.2. The van der Waals surface area contributed by atoms with Crippen LogP contribution in [0, 0.1) is 0 Å². The summed E-state index contributed by atoms with van der Waals surface area (Å²) in [5, 5.41) is 4.40. The Labute approximate surface area is 112 Å². The average Bonchev–Trinajstić information content (AvgIpc) is 2.76. The van der Waals surface area contributed by atoms with E-state index in [-0.39, 0.29) is 12.1 Å². The Morgan fingerprint density at radius 1 is 1.37 bits per heavy atom. The number of fused-ring (bicyclic) bond motifs is 3. The minimum absolute atomic E-state index is 0.00967. The zero-order chi connectivity index (χ0) is 13.4. The van der Waals surface area contributed by atoms with E-state index in [2.05, 4.69) is 34.6 Å². The van der Waals surface area contributed by atoms with E-state index in [0.717, 1.165) is 19.3 Å². The highest BCUT2D eigenvalue weighted by Crippen LogP contribution is 2.28. The summed E-state index contributed by atoms with van der Waals surface area (Å²) in [6, 6.07) is 8.64. The Bertz CT molecular complexity index is 615. The van der Waals surface area contributed by atoms with E-state index in [1.54, 1.807) is 19.0 Å². The van der Waals surface area contributed by atoms with E-state index >= 15 is 0 Å². The molecule has 2 aromatic rings. The van der Waals surface area contributed by atoms with Crippen LogP contribution in [-0.4, -0.2) is 36.1 Å². The van der Waals surface area contributed by atoms with Crippen molar-refractivity contribution >= 4 is 16.9 Å². The zero-order valence-corrected chi connectivity index (χ0v) is 11.4. The van der Waals surface area contributed by atoms with Crippen LogP contribution in [0.3, 0.4) is 0 Å². The molecule has 1 aromatic carbocycles. The van der Waals surface area contributed by atoms with Crippen molar-refractivity contribution in [2.75, 3.05) is 14.1 Å². The Balaban J connectivity index is 1.82. The molecule has 0 radical (unpaired) electrons. The summed E-state index contributed by atoms with van der Waals surface area (Å²) >= 11 is 0. The number of carbonyl (C=O) groups excluding carboxylic acids is 1. The Hall–Kier alpha value is -1.97. The summed E-state index contributed by atoms with van der Waals surface area (Å²) in [6.45, 7) is 0. The number of hydrogen-bond donors (Lipinski definition) is 2. The SMILES string of the molecule is CN(C)C(=O)NC1CCc2c([nH]c3ccccc23)C1. The molecule has 4 heteroatoms. The predicted octanol–water partition coefficient (Wildman–Crippen LogP) is 2.30. The molecule has 2 N–H and O–H groups in total. The number of amides is 2. The molecule has 1 atom stereocenters. The van der Waals surface area contributed by atoms with E-state index in [1.807, 2.05) is 0 Å². The van der Waals surface area contributed by atoms with Gasteiger partial charge in [0.1, 0.15) is 0 Å². The van der Waals surface area contributed by atoms with Gasteiger partial charge in [0.15, 0.2) is 0 Å². The normalized spacial score (nSPS) is 18.1. The molecule has 100 valence electrons. The molecule has 0 aliphatic heterocycles. The van der Waals surface area contributed by atoms with Crippen molar-refractivity contribution in [3.63, 3.8) is 0 Å². The fourth-order valence-electron chi connectivity index (χ4n) is 2.81. The third kappa shape index (κ3) is 2.18. The molecule has 19 heavy (non-hydrogen) atoms. The monoisotopic (exact) mass is 257 g/mol. The first-order chi connectivity index (χ1) is 9.15. The minimum Gasteiger partial charge on any atom is -0.358 e. The van der Waals surface area contributed by atoms with Crippen LogP contribution in [0.5, 0.6) is 0 Å². The number of nitrogens with zero attached hydrogens (tertiary/aromatic N) is 1. The van der Waals surface area contributed by atoms with Gasteiger partial charge in [-0.3, -0.25) is 0 Å². The number of para-hydroxylation sites is 1. The maximum atomic E-state index is 11.7. The number of urea groups is 1. The van der Waals surface area contributed by atoms with Crippen LogP contribution in [0.25, 0.3) is 10.9 Å². The highest BCUT2D eigenvalue weighted by molar-refractivity contribution is 5.85. The van der Waals surface area contributed by atoms with Gasteiger partial charge in [0.2, 0.25) is 0 Å². The number of H-pyrrole nitrogens is 1. The first-order valence-electron chi connectivity index (χ1n) is 6.71. The van der Waals surface area contributed by atoms with Crippen molar-refractivity contribution in [3.8, 4) is 0 Å². The van der Waals surface area contributed by atoms with E-state index in [9.17, 15) is 4.79 Å². The van der Waals surface area contributed by atoms with Crippen molar-refractivity contribution in [2.45, 2.75) is 25.3 Å². The van der Waals surface area contributed by atoms with Crippen molar-refractivity contribution < 1.29 is 4.79 Å². The molecule has 1 aliphatic carbocycles. The van der Waals surface area contributed by atoms with Crippen LogP contribution < -0.4 is 5.32 Å². The molecule has 1 aromatic heterocycles. The molecular weight excluding hydrogens is 238 g/mol. The predicted molar refractivity (Wildman–Crippen MR) is 76.3 cm³/mol. The van der Waals surface area contributed by atoms with Crippen LogP contribution in [0.1, 0.15) is 17.7 Å². The second-order valence-electron chi connectivity index (χ2n) is 5.41. The summed E-state index contributed by atoms with van der Waals surface area (Å²) < 4.78 is 0. The van der Waals surface area contributed by atoms with Crippen LogP contribution in [-0.2, 0) is 12.8 Å². The largest absolute Gasteiger partial charge is 0.358 e. The van der Waals surface area contributed by atoms with Gasteiger partial charge in [0.05, 0.1) is 0 Å². The highest BCUT2D eigenvalue weighted by Gasteiger charge is 2.23. The topological polar surface area (TPSA) is 48.1 Å². The fraction of sp³-hybridized carbons (Fsp3) is 0.400. The quantitative estimate of drug-likeness (QED) is 0.809. The summed E-state index contributed by atoms with van der Waals surface area (Å²) in [6.07, 6.45) is 2.93. The van der Waals surface area contributed by atoms with Crippen LogP contribution >= 0.6 is 0 Å². The third-order valence-electron chi connectivity index (χ3n) is 3.83. The van der Waals surface area contributed by atoms with Gasteiger partial charge in [-0.15, -0.1) is 0 Å². The van der Waals surface area contributed by atoms with Crippen molar-refractivity contribution in [1.29, 1.82) is 0 Å². The summed E-state index contributed by atoms with van der Waals surface area (Å²) in [4.78, 5) is 16.8. The lowest BCUT2D eigenvalue weighted by Crippen LogP contribution is -2.43. The van der Waals surface area contributed by atoms with Gasteiger partial charge >= 0.3 is 6.03 Å². The summed E-state index contributed by atoms with van der Waals surface area (Å²) in [7, 11) is 3.54. The lowest BCUT2D eigenvalue weighted by atomic mass is 9.92. The molecule has 0 saturated carbocycles. The number of aryl methyl sites for hydroxylation is 1. The van der Waals surface area contributed by atoms with Gasteiger partial charge in [-0.1, -0.05) is 18.2 Å². The van der Waals surface area contributed by atoms with Gasteiger partial charge in [-0.2, -0.15) is 0 Å². The minimum atomic E-state index is -0.00967. The molecule has 0 bridgehead atoms. The summed E-state index contributed by atoms with van der Waals surface area (Å²) in [5.74, 6) is 0. The standard InChI is InChI=1S/C15H19N3O/c1-18(2)15(19)16-10-7-8-12-11-5-3-4-6-13(11)17-14(12)9-10/h3-6,10,17H,7-9H2,1-2H3,(H,16,19). The molecule has 2 amide bonds. The second kappa shape index (κ2) is 4.61. The number of rotatable bonds is 1. The Morgan fingerprint density at radius 2 is 2.16 bits per heavy atom. The Morgan fingerprint density at radius 3 is 2.95 bits per heavy atom.